The third-order valence-corrected chi connectivity index (χ3v) is 2.06. The fourth-order valence-corrected chi connectivity index (χ4v) is 1.07. The molecule has 0 N–H and O–H groups in total. The lowest BCUT2D eigenvalue weighted by molar-refractivity contribution is 1.08. The number of rotatable bonds is 2. The van der Waals surface area contributed by atoms with Crippen molar-refractivity contribution in [2.75, 3.05) is 0 Å². The van der Waals surface area contributed by atoms with E-state index in [4.69, 9.17) is 0 Å². The van der Waals surface area contributed by atoms with Crippen LogP contribution in [0, 0.1) is 6.92 Å². The van der Waals surface area contributed by atoms with Crippen molar-refractivity contribution in [2.24, 2.45) is 4.99 Å². The Morgan fingerprint density at radius 3 is 2.50 bits per heavy atom. The van der Waals surface area contributed by atoms with E-state index in [-0.39, 0.29) is 0 Å². The first-order chi connectivity index (χ1) is 5.84. The van der Waals surface area contributed by atoms with Gasteiger partial charge in [-0.1, -0.05) is 29.8 Å². The third kappa shape index (κ3) is 1.94. The Bertz CT molecular complexity index is 280. The number of benzene rings is 1. The molecule has 1 saturated carbocycles. The molecule has 1 heteroatoms. The van der Waals surface area contributed by atoms with Crippen molar-refractivity contribution >= 4 is 6.21 Å². The van der Waals surface area contributed by atoms with Gasteiger partial charge in [0, 0.05) is 6.21 Å². The second-order valence-electron chi connectivity index (χ2n) is 3.42. The van der Waals surface area contributed by atoms with E-state index in [1.54, 1.807) is 0 Å². The Kier molecular flexibility index (Phi) is 1.94. The van der Waals surface area contributed by atoms with E-state index < -0.39 is 0 Å². The second kappa shape index (κ2) is 3.10. The molecule has 0 amide bonds. The number of aliphatic imine (C=N–C) groups is 1. The van der Waals surface area contributed by atoms with Gasteiger partial charge in [0.2, 0.25) is 0 Å². The van der Waals surface area contributed by atoms with Crippen molar-refractivity contribution in [3.63, 3.8) is 0 Å². The zero-order chi connectivity index (χ0) is 8.39. The molecule has 0 aromatic heterocycles. The normalized spacial score (nSPS) is 17.1. The zero-order valence-electron chi connectivity index (χ0n) is 7.33. The van der Waals surface area contributed by atoms with Crippen LogP contribution in [-0.2, 0) is 0 Å². The quantitative estimate of drug-likeness (QED) is 0.588. The van der Waals surface area contributed by atoms with Crippen molar-refractivity contribution in [3.8, 4) is 0 Å². The van der Waals surface area contributed by atoms with E-state index in [9.17, 15) is 0 Å². The van der Waals surface area contributed by atoms with Crippen molar-refractivity contribution in [2.45, 2.75) is 25.8 Å². The lowest BCUT2D eigenvalue weighted by Gasteiger charge is -1.93. The van der Waals surface area contributed by atoms with Crippen LogP contribution in [0.4, 0.5) is 0 Å². The van der Waals surface area contributed by atoms with Gasteiger partial charge in [-0.15, -0.1) is 0 Å². The molecule has 0 saturated heterocycles. The number of aryl methyl sites for hydroxylation is 1. The van der Waals surface area contributed by atoms with Crippen LogP contribution in [0.1, 0.15) is 24.0 Å². The predicted octanol–water partition coefficient (Wildman–Crippen LogP) is 2.58. The number of hydrogen-bond donors (Lipinski definition) is 0. The lowest BCUT2D eigenvalue weighted by Crippen LogP contribution is -1.82. The largest absolute Gasteiger partial charge is 0.289 e. The van der Waals surface area contributed by atoms with E-state index in [1.165, 1.54) is 24.0 Å². The summed E-state index contributed by atoms with van der Waals surface area (Å²) in [7, 11) is 0. The topological polar surface area (TPSA) is 12.4 Å². The molecule has 0 aliphatic heterocycles. The first-order valence-electron chi connectivity index (χ1n) is 4.44. The maximum Gasteiger partial charge on any atom is 0.0501 e. The van der Waals surface area contributed by atoms with Crippen LogP contribution in [-0.4, -0.2) is 12.3 Å². The van der Waals surface area contributed by atoms with Gasteiger partial charge in [-0.25, -0.2) is 0 Å². The van der Waals surface area contributed by atoms with E-state index in [0.29, 0.717) is 6.04 Å². The van der Waals surface area contributed by atoms with E-state index >= 15 is 0 Å². The maximum atomic E-state index is 4.41. The molecule has 0 unspecified atom stereocenters. The third-order valence-electron chi connectivity index (χ3n) is 2.06. The Hall–Kier alpha value is -1.11. The van der Waals surface area contributed by atoms with Crippen molar-refractivity contribution in [3.05, 3.63) is 35.4 Å². The Morgan fingerprint density at radius 1 is 1.25 bits per heavy atom. The SMILES string of the molecule is Cc1ccc(C=NC2CC2)cc1. The fraction of sp³-hybridized carbons (Fsp3) is 0.364. The molecule has 0 atom stereocenters. The van der Waals surface area contributed by atoms with E-state index in [0.717, 1.165) is 0 Å². The summed E-state index contributed by atoms with van der Waals surface area (Å²) in [5.74, 6) is 0. The molecule has 0 heterocycles. The molecule has 1 aliphatic carbocycles. The minimum absolute atomic E-state index is 0.631. The van der Waals surface area contributed by atoms with Crippen LogP contribution in [0.2, 0.25) is 0 Å². The van der Waals surface area contributed by atoms with Crippen LogP contribution in [0.25, 0.3) is 0 Å². The molecule has 1 aromatic carbocycles. The first-order valence-corrected chi connectivity index (χ1v) is 4.44. The fourth-order valence-electron chi connectivity index (χ4n) is 1.07. The summed E-state index contributed by atoms with van der Waals surface area (Å²) in [6.45, 7) is 2.10. The highest BCUT2D eigenvalue weighted by Crippen LogP contribution is 2.23. The lowest BCUT2D eigenvalue weighted by atomic mass is 10.2. The summed E-state index contributed by atoms with van der Waals surface area (Å²) >= 11 is 0. The molecular formula is C11H13N. The molecule has 1 nitrogen and oxygen atoms in total. The van der Waals surface area contributed by atoms with Crippen LogP contribution >= 0.6 is 0 Å². The average Bonchev–Trinajstić information content (AvgIpc) is 2.87. The molecule has 0 bridgehead atoms. The molecular weight excluding hydrogens is 146 g/mol. The number of nitrogens with zero attached hydrogens (tertiary/aromatic N) is 1. The highest BCUT2D eigenvalue weighted by molar-refractivity contribution is 5.79. The summed E-state index contributed by atoms with van der Waals surface area (Å²) < 4.78 is 0. The van der Waals surface area contributed by atoms with Crippen molar-refractivity contribution in [1.29, 1.82) is 0 Å². The smallest absolute Gasteiger partial charge is 0.0501 e. The van der Waals surface area contributed by atoms with Crippen LogP contribution in [0.3, 0.4) is 0 Å². The van der Waals surface area contributed by atoms with Gasteiger partial charge in [0.15, 0.2) is 0 Å². The van der Waals surface area contributed by atoms with Gasteiger partial charge >= 0.3 is 0 Å². The van der Waals surface area contributed by atoms with Gasteiger partial charge in [0.1, 0.15) is 0 Å². The molecule has 2 rings (SSSR count). The van der Waals surface area contributed by atoms with Gasteiger partial charge in [-0.3, -0.25) is 4.99 Å². The molecule has 0 radical (unpaired) electrons. The highest BCUT2D eigenvalue weighted by atomic mass is 14.8. The Morgan fingerprint density at radius 2 is 1.92 bits per heavy atom. The Labute approximate surface area is 73.1 Å². The summed E-state index contributed by atoms with van der Waals surface area (Å²) in [5.41, 5.74) is 2.52. The monoisotopic (exact) mass is 159 g/mol. The first kappa shape index (κ1) is 7.53. The summed E-state index contributed by atoms with van der Waals surface area (Å²) in [5, 5.41) is 0. The van der Waals surface area contributed by atoms with Crippen molar-refractivity contribution < 1.29 is 0 Å². The summed E-state index contributed by atoms with van der Waals surface area (Å²) in [6.07, 6.45) is 4.54. The van der Waals surface area contributed by atoms with Crippen molar-refractivity contribution in [1.82, 2.24) is 0 Å². The van der Waals surface area contributed by atoms with Gasteiger partial charge in [-0.05, 0) is 25.3 Å². The van der Waals surface area contributed by atoms with E-state index in [1.807, 2.05) is 6.21 Å². The van der Waals surface area contributed by atoms with Crippen LogP contribution in [0.5, 0.6) is 0 Å². The molecule has 1 aliphatic rings. The predicted molar refractivity (Wildman–Crippen MR) is 51.8 cm³/mol. The molecule has 1 fully saturated rings. The highest BCUT2D eigenvalue weighted by Gasteiger charge is 2.18. The van der Waals surface area contributed by atoms with Gasteiger partial charge in [0.25, 0.3) is 0 Å². The Balaban J connectivity index is 2.07. The van der Waals surface area contributed by atoms with Gasteiger partial charge in [-0.2, -0.15) is 0 Å². The minimum Gasteiger partial charge on any atom is -0.289 e. The standard InChI is InChI=1S/C11H13N/c1-9-2-4-10(5-3-9)8-12-11-6-7-11/h2-5,8,11H,6-7H2,1H3. The maximum absolute atomic E-state index is 4.41. The number of hydrogen-bond acceptors (Lipinski definition) is 1. The second-order valence-corrected chi connectivity index (χ2v) is 3.42. The van der Waals surface area contributed by atoms with Gasteiger partial charge < -0.3 is 0 Å². The minimum atomic E-state index is 0.631. The zero-order valence-corrected chi connectivity index (χ0v) is 7.33. The molecule has 12 heavy (non-hydrogen) atoms. The molecule has 1 aromatic rings. The summed E-state index contributed by atoms with van der Waals surface area (Å²) in [4.78, 5) is 4.41. The van der Waals surface area contributed by atoms with E-state index in [2.05, 4.69) is 36.2 Å². The van der Waals surface area contributed by atoms with Gasteiger partial charge in [0.05, 0.1) is 6.04 Å². The molecule has 0 spiro atoms. The molecule has 62 valence electrons. The van der Waals surface area contributed by atoms with Crippen LogP contribution < -0.4 is 0 Å². The summed E-state index contributed by atoms with van der Waals surface area (Å²) in [6, 6.07) is 9.09. The van der Waals surface area contributed by atoms with Crippen LogP contribution in [0.15, 0.2) is 29.3 Å². The average molecular weight is 159 g/mol.